The van der Waals surface area contributed by atoms with Crippen LogP contribution in [0.15, 0.2) is 30.3 Å². The molecule has 0 heterocycles. The molecule has 0 aromatic heterocycles. The van der Waals surface area contributed by atoms with Crippen molar-refractivity contribution < 1.29 is 14.6 Å². The zero-order chi connectivity index (χ0) is 13.4. The summed E-state index contributed by atoms with van der Waals surface area (Å²) in [5.41, 5.74) is 0.420. The molecule has 0 aliphatic rings. The van der Waals surface area contributed by atoms with Crippen molar-refractivity contribution in [3.8, 4) is 0 Å². The summed E-state index contributed by atoms with van der Waals surface area (Å²) in [4.78, 5) is 11.7. The normalized spacial score (nSPS) is 11.1. The Kier molecular flexibility index (Phi) is 6.01. The monoisotopic (exact) mass is 269 g/mol. The van der Waals surface area contributed by atoms with Gasteiger partial charge in [-0.2, -0.15) is 0 Å². The molecule has 0 unspecified atom stereocenters. The lowest BCUT2D eigenvalue weighted by Gasteiger charge is -2.21. The molecule has 2 N–H and O–H groups in total. The molecule has 4 nitrogen and oxygen atoms in total. The van der Waals surface area contributed by atoms with Gasteiger partial charge in [-0.25, -0.2) is 0 Å². The Morgan fingerprint density at radius 1 is 1.39 bits per heavy atom. The number of carbonyl (C=O) groups is 1. The number of aliphatic hydroxyl groups is 1. The van der Waals surface area contributed by atoms with E-state index in [9.17, 15) is 4.79 Å². The average molecular weight is 269 g/mol. The fraction of sp³-hybridized carbons (Fsp3) is 0.462. The van der Waals surface area contributed by atoms with E-state index in [2.05, 4.69) is 4.72 Å². The molecule has 0 atom stereocenters. The molecular formula is C13H19NO3S. The molecule has 18 heavy (non-hydrogen) atoms. The first-order valence-corrected chi connectivity index (χ1v) is 6.76. The van der Waals surface area contributed by atoms with Gasteiger partial charge in [0.1, 0.15) is 6.61 Å². The summed E-state index contributed by atoms with van der Waals surface area (Å²) < 4.78 is 8.10. The van der Waals surface area contributed by atoms with Gasteiger partial charge in [0.05, 0.1) is 12.0 Å². The fourth-order valence-electron chi connectivity index (χ4n) is 1.20. The maximum atomic E-state index is 11.7. The summed E-state index contributed by atoms with van der Waals surface area (Å²) in [6.07, 6.45) is 0. The number of anilines is 1. The summed E-state index contributed by atoms with van der Waals surface area (Å²) >= 11 is 1.46. The van der Waals surface area contributed by atoms with E-state index >= 15 is 0 Å². The highest BCUT2D eigenvalue weighted by Gasteiger charge is 2.29. The van der Waals surface area contributed by atoms with E-state index in [1.165, 1.54) is 11.9 Å². The van der Waals surface area contributed by atoms with Gasteiger partial charge in [0.2, 0.25) is 0 Å². The van der Waals surface area contributed by atoms with Gasteiger partial charge < -0.3 is 14.6 Å². The fourth-order valence-corrected chi connectivity index (χ4v) is 2.05. The highest BCUT2D eigenvalue weighted by atomic mass is 32.2. The highest BCUT2D eigenvalue weighted by Crippen LogP contribution is 2.24. The molecule has 1 aromatic carbocycles. The SMILES string of the molecule is CC(C)(CSNc1ccccc1)C(=O)OCCO. The number of hydrogen-bond acceptors (Lipinski definition) is 5. The smallest absolute Gasteiger partial charge is 0.312 e. The Morgan fingerprint density at radius 2 is 2.06 bits per heavy atom. The Balaban J connectivity index is 2.35. The molecular weight excluding hydrogens is 250 g/mol. The Morgan fingerprint density at radius 3 is 2.67 bits per heavy atom. The summed E-state index contributed by atoms with van der Waals surface area (Å²) in [6, 6.07) is 9.77. The number of nitrogens with one attached hydrogen (secondary N) is 1. The largest absolute Gasteiger partial charge is 0.463 e. The standard InChI is InChI=1S/C13H19NO3S/c1-13(2,12(16)17-9-8-15)10-18-14-11-6-4-3-5-7-11/h3-7,14-15H,8-10H2,1-2H3. The first-order valence-electron chi connectivity index (χ1n) is 5.77. The van der Waals surface area contributed by atoms with E-state index in [0.29, 0.717) is 5.75 Å². The lowest BCUT2D eigenvalue weighted by Crippen LogP contribution is -2.30. The van der Waals surface area contributed by atoms with Crippen LogP contribution in [0.4, 0.5) is 5.69 Å². The predicted octanol–water partition coefficient (Wildman–Crippen LogP) is 2.31. The number of esters is 1. The number of benzene rings is 1. The van der Waals surface area contributed by atoms with Crippen molar-refractivity contribution in [3.05, 3.63) is 30.3 Å². The van der Waals surface area contributed by atoms with Gasteiger partial charge in [-0.1, -0.05) is 30.1 Å². The van der Waals surface area contributed by atoms with Crippen molar-refractivity contribution in [1.82, 2.24) is 0 Å². The molecule has 0 saturated carbocycles. The number of ether oxygens (including phenoxy) is 1. The van der Waals surface area contributed by atoms with E-state index < -0.39 is 5.41 Å². The van der Waals surface area contributed by atoms with Crippen LogP contribution in [0.2, 0.25) is 0 Å². The van der Waals surface area contributed by atoms with Crippen LogP contribution in [-0.4, -0.2) is 30.0 Å². The van der Waals surface area contributed by atoms with E-state index in [0.717, 1.165) is 5.69 Å². The summed E-state index contributed by atoms with van der Waals surface area (Å²) in [7, 11) is 0. The third kappa shape index (κ3) is 4.98. The second kappa shape index (κ2) is 7.28. The van der Waals surface area contributed by atoms with Crippen LogP contribution in [0.5, 0.6) is 0 Å². The first-order chi connectivity index (χ1) is 8.56. The van der Waals surface area contributed by atoms with E-state index in [-0.39, 0.29) is 19.2 Å². The van der Waals surface area contributed by atoms with E-state index in [1.54, 1.807) is 0 Å². The Bertz CT molecular complexity index is 368. The minimum absolute atomic E-state index is 0.0546. The van der Waals surface area contributed by atoms with Gasteiger partial charge in [0, 0.05) is 11.4 Å². The predicted molar refractivity (Wildman–Crippen MR) is 74.3 cm³/mol. The van der Waals surface area contributed by atoms with Crippen LogP contribution in [0.1, 0.15) is 13.8 Å². The molecule has 5 heteroatoms. The van der Waals surface area contributed by atoms with Crippen molar-refractivity contribution in [3.63, 3.8) is 0 Å². The minimum atomic E-state index is -0.582. The van der Waals surface area contributed by atoms with Crippen molar-refractivity contribution in [2.45, 2.75) is 13.8 Å². The van der Waals surface area contributed by atoms with Gasteiger partial charge in [-0.15, -0.1) is 0 Å². The Hall–Kier alpha value is -1.20. The molecule has 1 rings (SSSR count). The van der Waals surface area contributed by atoms with Gasteiger partial charge in [0.15, 0.2) is 0 Å². The topological polar surface area (TPSA) is 58.6 Å². The summed E-state index contributed by atoms with van der Waals surface area (Å²) in [6.45, 7) is 3.56. The zero-order valence-electron chi connectivity index (χ0n) is 10.7. The lowest BCUT2D eigenvalue weighted by atomic mass is 9.97. The van der Waals surface area contributed by atoms with Crippen LogP contribution in [0.3, 0.4) is 0 Å². The number of hydrogen-bond donors (Lipinski definition) is 2. The van der Waals surface area contributed by atoms with Crippen LogP contribution in [0.25, 0.3) is 0 Å². The van der Waals surface area contributed by atoms with Crippen LogP contribution >= 0.6 is 11.9 Å². The van der Waals surface area contributed by atoms with Gasteiger partial charge in [-0.3, -0.25) is 4.79 Å². The minimum Gasteiger partial charge on any atom is -0.463 e. The molecule has 0 spiro atoms. The number of rotatable bonds is 7. The summed E-state index contributed by atoms with van der Waals surface area (Å²) in [5, 5.41) is 8.61. The first kappa shape index (κ1) is 14.9. The van der Waals surface area contributed by atoms with Crippen molar-refractivity contribution in [2.24, 2.45) is 5.41 Å². The van der Waals surface area contributed by atoms with E-state index in [1.807, 2.05) is 44.2 Å². The molecule has 0 aliphatic heterocycles. The lowest BCUT2D eigenvalue weighted by molar-refractivity contribution is -0.153. The zero-order valence-corrected chi connectivity index (χ0v) is 11.5. The average Bonchev–Trinajstić information content (AvgIpc) is 2.37. The number of aliphatic hydroxyl groups excluding tert-OH is 1. The summed E-state index contributed by atoms with van der Waals surface area (Å²) in [5.74, 6) is 0.297. The van der Waals surface area contributed by atoms with Crippen LogP contribution in [-0.2, 0) is 9.53 Å². The maximum absolute atomic E-state index is 11.7. The highest BCUT2D eigenvalue weighted by molar-refractivity contribution is 8.00. The molecule has 0 aliphatic carbocycles. The molecule has 0 amide bonds. The quantitative estimate of drug-likeness (QED) is 0.587. The van der Waals surface area contributed by atoms with Crippen LogP contribution < -0.4 is 4.72 Å². The molecule has 0 fully saturated rings. The van der Waals surface area contributed by atoms with Crippen molar-refractivity contribution in [1.29, 1.82) is 0 Å². The van der Waals surface area contributed by atoms with Gasteiger partial charge in [-0.05, 0) is 26.0 Å². The third-order valence-corrected chi connectivity index (χ3v) is 3.52. The van der Waals surface area contributed by atoms with Gasteiger partial charge in [0.25, 0.3) is 0 Å². The number of para-hydroxylation sites is 1. The van der Waals surface area contributed by atoms with Gasteiger partial charge >= 0.3 is 5.97 Å². The molecule has 0 saturated heterocycles. The van der Waals surface area contributed by atoms with Crippen molar-refractivity contribution >= 4 is 23.6 Å². The maximum Gasteiger partial charge on any atom is 0.312 e. The second-order valence-electron chi connectivity index (χ2n) is 4.50. The van der Waals surface area contributed by atoms with E-state index in [4.69, 9.17) is 9.84 Å². The second-order valence-corrected chi connectivity index (χ2v) is 5.28. The molecule has 0 radical (unpaired) electrons. The Labute approximate surface area is 112 Å². The third-order valence-electron chi connectivity index (χ3n) is 2.27. The molecule has 1 aromatic rings. The molecule has 0 bridgehead atoms. The number of carbonyl (C=O) groups excluding carboxylic acids is 1. The molecule has 100 valence electrons. The van der Waals surface area contributed by atoms with Crippen molar-refractivity contribution in [2.75, 3.05) is 23.7 Å². The van der Waals surface area contributed by atoms with Crippen LogP contribution in [0, 0.1) is 5.41 Å².